The van der Waals surface area contributed by atoms with Gasteiger partial charge in [-0.25, -0.2) is 23.3 Å². The van der Waals surface area contributed by atoms with Crippen LogP contribution in [0.4, 0.5) is 5.82 Å². The van der Waals surface area contributed by atoms with Crippen molar-refractivity contribution in [1.29, 1.82) is 0 Å². The van der Waals surface area contributed by atoms with E-state index in [-0.39, 0.29) is 23.1 Å². The van der Waals surface area contributed by atoms with Crippen LogP contribution >= 0.6 is 45.1 Å². The predicted molar refractivity (Wildman–Crippen MR) is 151 cm³/mol. The quantitative estimate of drug-likeness (QED) is 0.108. The first-order chi connectivity index (χ1) is 19.5. The van der Waals surface area contributed by atoms with Crippen molar-refractivity contribution in [2.45, 2.75) is 44.0 Å². The smallest absolute Gasteiger partial charge is 0.456 e. The molecule has 234 valence electrons. The number of ether oxygens (including phenoxy) is 2. The largest absolute Gasteiger partial charge is 0.490 e. The number of aromatic nitrogens is 2. The highest BCUT2D eigenvalue weighted by Gasteiger charge is 2.44. The van der Waals surface area contributed by atoms with Crippen molar-refractivity contribution in [3.63, 3.8) is 0 Å². The molecule has 0 amide bonds. The fourth-order valence-corrected chi connectivity index (χ4v) is 8.73. The minimum Gasteiger partial charge on any atom is -0.456 e. The van der Waals surface area contributed by atoms with Gasteiger partial charge in [-0.1, -0.05) is 46.7 Å². The van der Waals surface area contributed by atoms with Gasteiger partial charge in [-0.05, 0) is 24.6 Å². The van der Waals surface area contributed by atoms with Gasteiger partial charge in [0.1, 0.15) is 24.3 Å². The van der Waals surface area contributed by atoms with Crippen LogP contribution in [0.5, 0.6) is 0 Å². The Morgan fingerprint density at radius 1 is 1.17 bits per heavy atom. The number of benzene rings is 1. The lowest BCUT2D eigenvalue weighted by molar-refractivity contribution is -0.0511. The van der Waals surface area contributed by atoms with E-state index < -0.39 is 60.2 Å². The molecule has 1 aromatic carbocycles. The minimum atomic E-state index is -5.77. The maximum absolute atomic E-state index is 13.3. The second-order valence-corrected chi connectivity index (χ2v) is 15.9. The van der Waals surface area contributed by atoms with Crippen molar-refractivity contribution in [3.8, 4) is 0 Å². The third-order valence-electron chi connectivity index (χ3n) is 5.37. The van der Waals surface area contributed by atoms with Crippen molar-refractivity contribution in [2.24, 2.45) is 0 Å². The number of nitrogens with zero attached hydrogens (tertiary/aromatic N) is 2. The zero-order chi connectivity index (χ0) is 31.3. The molecule has 2 heterocycles. The van der Waals surface area contributed by atoms with Gasteiger partial charge in [0.05, 0.1) is 12.2 Å². The number of carbonyl (C=O) groups is 1. The summed E-state index contributed by atoms with van der Waals surface area (Å²) in [5.41, 5.74) is 5.66. The van der Waals surface area contributed by atoms with E-state index in [0.29, 0.717) is 5.56 Å². The molecule has 0 spiro atoms. The van der Waals surface area contributed by atoms with E-state index in [2.05, 4.69) is 13.6 Å². The molecule has 22 heteroatoms. The zero-order valence-corrected chi connectivity index (χ0v) is 26.2. The van der Waals surface area contributed by atoms with Crippen LogP contribution in [-0.2, 0) is 36.3 Å². The van der Waals surface area contributed by atoms with Crippen LogP contribution in [0.1, 0.15) is 47.7 Å². The van der Waals surface area contributed by atoms with Gasteiger partial charge < -0.3 is 34.8 Å². The predicted octanol–water partition coefficient (Wildman–Crippen LogP) is 3.14. The molecule has 1 aliphatic rings. The highest BCUT2D eigenvalue weighted by molar-refractivity contribution is 8.76. The third-order valence-corrected chi connectivity index (χ3v) is 12.1. The SMILES string of the molecule is CCSSC(C)c1ccccc1C(=O)OC1C[C@H](n2ccc(N)nc2=O)O[C@@H]1COP(=O)(O)OP(=O)(O)OP(=O)(O)O. The number of phosphoric acid groups is 3. The van der Waals surface area contributed by atoms with Gasteiger partial charge in [-0.15, -0.1) is 0 Å². The summed E-state index contributed by atoms with van der Waals surface area (Å²) in [5.74, 6) is 0.0187. The van der Waals surface area contributed by atoms with Crippen molar-refractivity contribution in [2.75, 3.05) is 18.1 Å². The van der Waals surface area contributed by atoms with E-state index >= 15 is 0 Å². The van der Waals surface area contributed by atoms with Crippen LogP contribution < -0.4 is 11.4 Å². The van der Waals surface area contributed by atoms with Gasteiger partial charge in [0.15, 0.2) is 0 Å². The summed E-state index contributed by atoms with van der Waals surface area (Å²) >= 11 is 0. The second kappa shape index (κ2) is 14.5. The summed E-state index contributed by atoms with van der Waals surface area (Å²) in [5, 5.41) is -0.0909. The number of hydrogen-bond donors (Lipinski definition) is 5. The Morgan fingerprint density at radius 2 is 1.86 bits per heavy atom. The maximum atomic E-state index is 13.3. The number of rotatable bonds is 14. The Balaban J connectivity index is 1.82. The van der Waals surface area contributed by atoms with Crippen molar-refractivity contribution < 1.29 is 60.7 Å². The number of nitrogen functional groups attached to an aromatic ring is 1. The van der Waals surface area contributed by atoms with Crippen molar-refractivity contribution in [1.82, 2.24) is 9.55 Å². The normalized spacial score (nSPS) is 22.7. The number of hydrogen-bond acceptors (Lipinski definition) is 14. The molecule has 42 heavy (non-hydrogen) atoms. The molecule has 0 saturated carbocycles. The Bertz CT molecular complexity index is 1470. The van der Waals surface area contributed by atoms with Crippen LogP contribution in [0.25, 0.3) is 0 Å². The van der Waals surface area contributed by atoms with E-state index in [9.17, 15) is 33.1 Å². The fourth-order valence-electron chi connectivity index (χ4n) is 3.72. The first kappa shape index (κ1) is 34.9. The summed E-state index contributed by atoms with van der Waals surface area (Å²) in [7, 11) is -13.7. The van der Waals surface area contributed by atoms with Gasteiger partial charge in [-0.3, -0.25) is 9.09 Å². The van der Waals surface area contributed by atoms with Gasteiger partial charge in [0.2, 0.25) is 0 Å². The molecule has 1 aromatic heterocycles. The van der Waals surface area contributed by atoms with Crippen LogP contribution in [-0.4, -0.2) is 59.7 Å². The summed E-state index contributed by atoms with van der Waals surface area (Å²) in [6.45, 7) is 3.00. The number of anilines is 1. The Labute approximate surface area is 246 Å². The molecular formula is C20H28N3O14P3S2. The molecular weight excluding hydrogens is 663 g/mol. The van der Waals surface area contributed by atoms with Gasteiger partial charge in [0.25, 0.3) is 0 Å². The van der Waals surface area contributed by atoms with E-state index in [1.165, 1.54) is 12.3 Å². The molecule has 6 atom stereocenters. The fraction of sp³-hybridized carbons (Fsp3) is 0.450. The van der Waals surface area contributed by atoms with Crippen LogP contribution in [0.2, 0.25) is 0 Å². The average Bonchev–Trinajstić information content (AvgIpc) is 3.26. The molecule has 3 rings (SSSR count). The first-order valence-corrected chi connectivity index (χ1v) is 18.8. The molecule has 6 N–H and O–H groups in total. The topological polar surface area (TPSA) is 256 Å². The second-order valence-electron chi connectivity index (χ2n) is 8.47. The van der Waals surface area contributed by atoms with E-state index in [0.717, 1.165) is 10.3 Å². The lowest BCUT2D eigenvalue weighted by Gasteiger charge is -2.22. The maximum Gasteiger partial charge on any atom is 0.490 e. The summed E-state index contributed by atoms with van der Waals surface area (Å²) in [6.07, 6.45) is -2.52. The molecule has 1 saturated heterocycles. The lowest BCUT2D eigenvalue weighted by Crippen LogP contribution is -2.31. The molecule has 0 bridgehead atoms. The Hall–Kier alpha value is -1.56. The molecule has 1 fully saturated rings. The molecule has 17 nitrogen and oxygen atoms in total. The van der Waals surface area contributed by atoms with E-state index in [4.69, 9.17) is 29.5 Å². The Morgan fingerprint density at radius 3 is 2.50 bits per heavy atom. The van der Waals surface area contributed by atoms with Crippen LogP contribution in [0, 0.1) is 0 Å². The van der Waals surface area contributed by atoms with E-state index in [1.807, 2.05) is 13.8 Å². The number of phosphoric ester groups is 1. The summed E-state index contributed by atoms with van der Waals surface area (Å²) in [4.78, 5) is 65.9. The lowest BCUT2D eigenvalue weighted by atomic mass is 10.0. The minimum absolute atomic E-state index is 0.0636. The summed E-state index contributed by atoms with van der Waals surface area (Å²) < 4.78 is 59.4. The number of carbonyl (C=O) groups excluding carboxylic acids is 1. The monoisotopic (exact) mass is 691 g/mol. The van der Waals surface area contributed by atoms with Gasteiger partial charge >= 0.3 is 35.1 Å². The molecule has 4 unspecified atom stereocenters. The average molecular weight is 692 g/mol. The van der Waals surface area contributed by atoms with E-state index in [1.54, 1.807) is 45.9 Å². The highest BCUT2D eigenvalue weighted by atomic mass is 33.1. The molecule has 0 aliphatic carbocycles. The highest BCUT2D eigenvalue weighted by Crippen LogP contribution is 2.66. The van der Waals surface area contributed by atoms with Gasteiger partial charge in [0, 0.05) is 23.6 Å². The zero-order valence-electron chi connectivity index (χ0n) is 21.9. The number of esters is 1. The van der Waals surface area contributed by atoms with Crippen LogP contribution in [0.15, 0.2) is 41.3 Å². The molecule has 2 aromatic rings. The van der Waals surface area contributed by atoms with Crippen molar-refractivity contribution in [3.05, 3.63) is 58.1 Å². The summed E-state index contributed by atoms with van der Waals surface area (Å²) in [6, 6.07) is 8.05. The molecule has 1 aliphatic heterocycles. The van der Waals surface area contributed by atoms with Crippen molar-refractivity contribution >= 4 is 56.8 Å². The van der Waals surface area contributed by atoms with Crippen LogP contribution in [0.3, 0.4) is 0 Å². The Kier molecular flexibility index (Phi) is 12.0. The number of nitrogens with two attached hydrogens (primary N) is 1. The standard InChI is InChI=1S/C20H28N3O14P3S2/c1-3-41-42-12(2)13-6-4-5-7-14(13)19(24)35-15-10-18(23-9-8-17(21)22-20(23)25)34-16(15)11-33-39(29,30)37-40(31,32)36-38(26,27)28/h4-9,12,15-16,18H,3,10-11H2,1-2H3,(H,29,30)(H,31,32)(H2,21,22,25)(H2,26,27,28)/t12?,15?,16-,18-/m1/s1. The first-order valence-electron chi connectivity index (χ1n) is 11.9. The third kappa shape index (κ3) is 10.3. The van der Waals surface area contributed by atoms with Gasteiger partial charge in [-0.2, -0.15) is 13.6 Å². The molecule has 0 radical (unpaired) electrons.